The van der Waals surface area contributed by atoms with Gasteiger partial charge >= 0.3 is 6.03 Å². The third-order valence-corrected chi connectivity index (χ3v) is 5.87. The number of urea groups is 1. The molecule has 3 amide bonds. The quantitative estimate of drug-likeness (QED) is 0.637. The summed E-state index contributed by atoms with van der Waals surface area (Å²) in [6.45, 7) is 0.870. The molecule has 0 aliphatic carbocycles. The molecule has 0 aromatic heterocycles. The van der Waals surface area contributed by atoms with Gasteiger partial charge in [-0.25, -0.2) is 4.79 Å². The number of carbonyl (C=O) groups excluding carboxylic acids is 2. The fraction of sp³-hybridized carbons (Fsp3) is 0.333. The summed E-state index contributed by atoms with van der Waals surface area (Å²) in [4.78, 5) is 27.5. The number of rotatable bonds is 8. The second-order valence-electron chi connectivity index (χ2n) is 7.71. The number of ether oxygens (including phenoxy) is 4. The zero-order chi connectivity index (χ0) is 23.5. The molecular formula is C24H27N3O6. The molecule has 9 nitrogen and oxygen atoms in total. The van der Waals surface area contributed by atoms with Crippen molar-refractivity contribution in [2.24, 2.45) is 0 Å². The fourth-order valence-electron chi connectivity index (χ4n) is 4.18. The fourth-order valence-corrected chi connectivity index (χ4v) is 4.18. The number of benzene rings is 2. The minimum absolute atomic E-state index is 0.121. The van der Waals surface area contributed by atoms with Gasteiger partial charge in [-0.1, -0.05) is 12.1 Å². The third-order valence-electron chi connectivity index (χ3n) is 5.87. The molecule has 2 N–H and O–H groups in total. The van der Waals surface area contributed by atoms with Crippen molar-refractivity contribution in [1.29, 1.82) is 0 Å². The van der Waals surface area contributed by atoms with E-state index in [-0.39, 0.29) is 11.9 Å². The number of amides is 3. The second kappa shape index (κ2) is 9.32. The van der Waals surface area contributed by atoms with Crippen LogP contribution in [0.4, 0.5) is 4.79 Å². The first-order valence-electron chi connectivity index (χ1n) is 10.5. The summed E-state index contributed by atoms with van der Waals surface area (Å²) in [6.07, 6.45) is 0.687. The van der Waals surface area contributed by atoms with Crippen LogP contribution in [0.2, 0.25) is 0 Å². The van der Waals surface area contributed by atoms with E-state index in [2.05, 4.69) is 10.6 Å². The zero-order valence-corrected chi connectivity index (χ0v) is 19.1. The summed E-state index contributed by atoms with van der Waals surface area (Å²) in [5.74, 6) is 2.00. The molecule has 0 saturated heterocycles. The Morgan fingerprint density at radius 2 is 1.61 bits per heavy atom. The van der Waals surface area contributed by atoms with Gasteiger partial charge in [0.15, 0.2) is 11.5 Å². The maximum atomic E-state index is 13.4. The SMILES string of the molecule is COc1ccc(CCN2CC3=C(C2=O)[C@H](c2cc(OC)c(OC)c(OC)c2)NC(=O)N3)cc1. The van der Waals surface area contributed by atoms with Crippen LogP contribution in [0, 0.1) is 0 Å². The Morgan fingerprint density at radius 1 is 0.939 bits per heavy atom. The van der Waals surface area contributed by atoms with Crippen LogP contribution >= 0.6 is 0 Å². The van der Waals surface area contributed by atoms with Crippen molar-refractivity contribution >= 4 is 11.9 Å². The van der Waals surface area contributed by atoms with Crippen molar-refractivity contribution in [3.8, 4) is 23.0 Å². The van der Waals surface area contributed by atoms with Crippen LogP contribution in [0.15, 0.2) is 47.7 Å². The van der Waals surface area contributed by atoms with Crippen molar-refractivity contribution in [3.05, 3.63) is 58.8 Å². The summed E-state index contributed by atoms with van der Waals surface area (Å²) in [6, 6.07) is 10.2. The molecule has 0 bridgehead atoms. The molecule has 0 fully saturated rings. The Hall–Kier alpha value is -3.88. The first-order valence-corrected chi connectivity index (χ1v) is 10.5. The Bertz CT molecular complexity index is 1070. The van der Waals surface area contributed by atoms with Gasteiger partial charge in [-0.15, -0.1) is 0 Å². The summed E-state index contributed by atoms with van der Waals surface area (Å²) >= 11 is 0. The molecule has 0 radical (unpaired) electrons. The lowest BCUT2D eigenvalue weighted by molar-refractivity contribution is -0.125. The van der Waals surface area contributed by atoms with Gasteiger partial charge in [0, 0.05) is 6.54 Å². The molecule has 33 heavy (non-hydrogen) atoms. The van der Waals surface area contributed by atoms with Crippen LogP contribution in [-0.2, 0) is 11.2 Å². The maximum absolute atomic E-state index is 13.4. The summed E-state index contributed by atoms with van der Waals surface area (Å²) in [5.41, 5.74) is 2.88. The highest BCUT2D eigenvalue weighted by Crippen LogP contribution is 2.42. The Kier molecular flexibility index (Phi) is 6.30. The van der Waals surface area contributed by atoms with E-state index in [4.69, 9.17) is 18.9 Å². The molecule has 2 aromatic rings. The molecule has 2 aromatic carbocycles. The van der Waals surface area contributed by atoms with Gasteiger partial charge < -0.3 is 34.5 Å². The number of hydrogen-bond donors (Lipinski definition) is 2. The van der Waals surface area contributed by atoms with Crippen molar-refractivity contribution in [1.82, 2.24) is 15.5 Å². The van der Waals surface area contributed by atoms with Gasteiger partial charge in [-0.3, -0.25) is 4.79 Å². The first-order chi connectivity index (χ1) is 16.0. The van der Waals surface area contributed by atoms with Crippen LogP contribution in [-0.4, -0.2) is 58.4 Å². The van der Waals surface area contributed by atoms with Crippen molar-refractivity contribution in [2.45, 2.75) is 12.5 Å². The lowest BCUT2D eigenvalue weighted by Crippen LogP contribution is -2.44. The molecule has 1 atom stereocenters. The van der Waals surface area contributed by atoms with Gasteiger partial charge in [0.05, 0.1) is 52.3 Å². The first kappa shape index (κ1) is 22.3. The monoisotopic (exact) mass is 453 g/mol. The normalized spacial score (nSPS) is 17.3. The van der Waals surface area contributed by atoms with Crippen LogP contribution < -0.4 is 29.6 Å². The van der Waals surface area contributed by atoms with E-state index in [1.165, 1.54) is 21.3 Å². The molecule has 174 valence electrons. The molecule has 0 saturated carbocycles. The molecule has 0 unspecified atom stereocenters. The van der Waals surface area contributed by atoms with Crippen molar-refractivity contribution in [3.63, 3.8) is 0 Å². The standard InChI is InChI=1S/C24H27N3O6/c1-30-16-7-5-14(6-8-16)9-10-27-13-17-20(23(27)28)21(26-24(29)25-17)15-11-18(31-2)22(33-4)19(12-15)32-3/h5-8,11-12,21H,9-10,13H2,1-4H3,(H2,25,26,29)/t21-/m0/s1. The van der Waals surface area contributed by atoms with E-state index in [0.717, 1.165) is 11.3 Å². The van der Waals surface area contributed by atoms with E-state index in [1.807, 2.05) is 24.3 Å². The molecule has 4 rings (SSSR count). The van der Waals surface area contributed by atoms with E-state index < -0.39 is 6.04 Å². The van der Waals surface area contributed by atoms with E-state index in [1.54, 1.807) is 24.1 Å². The van der Waals surface area contributed by atoms with Gasteiger partial charge in [-0.2, -0.15) is 0 Å². The second-order valence-corrected chi connectivity index (χ2v) is 7.71. The van der Waals surface area contributed by atoms with Crippen LogP contribution in [0.5, 0.6) is 23.0 Å². The van der Waals surface area contributed by atoms with Crippen molar-refractivity contribution < 1.29 is 28.5 Å². The van der Waals surface area contributed by atoms with E-state index >= 15 is 0 Å². The highest BCUT2D eigenvalue weighted by molar-refractivity contribution is 6.01. The lowest BCUT2D eigenvalue weighted by atomic mass is 9.95. The van der Waals surface area contributed by atoms with Gasteiger partial charge in [0.1, 0.15) is 5.75 Å². The molecule has 9 heteroatoms. The largest absolute Gasteiger partial charge is 0.497 e. The minimum Gasteiger partial charge on any atom is -0.497 e. The number of carbonyl (C=O) groups is 2. The molecule has 2 aliphatic heterocycles. The molecule has 2 heterocycles. The highest BCUT2D eigenvalue weighted by atomic mass is 16.5. The molecule has 0 spiro atoms. The summed E-state index contributed by atoms with van der Waals surface area (Å²) in [5, 5.41) is 5.66. The average molecular weight is 453 g/mol. The number of hydrogen-bond acceptors (Lipinski definition) is 6. The predicted octanol–water partition coefficient (Wildman–Crippen LogP) is 2.41. The molecule has 2 aliphatic rings. The van der Waals surface area contributed by atoms with E-state index in [9.17, 15) is 9.59 Å². The molecular weight excluding hydrogens is 426 g/mol. The van der Waals surface area contributed by atoms with Crippen LogP contribution in [0.3, 0.4) is 0 Å². The van der Waals surface area contributed by atoms with Crippen LogP contribution in [0.1, 0.15) is 17.2 Å². The number of nitrogens with one attached hydrogen (secondary N) is 2. The summed E-state index contributed by atoms with van der Waals surface area (Å²) < 4.78 is 21.5. The smallest absolute Gasteiger partial charge is 0.319 e. The lowest BCUT2D eigenvalue weighted by Gasteiger charge is -2.26. The number of nitrogens with zero attached hydrogens (tertiary/aromatic N) is 1. The minimum atomic E-state index is -0.638. The van der Waals surface area contributed by atoms with Gasteiger partial charge in [0.2, 0.25) is 5.75 Å². The average Bonchev–Trinajstić information content (AvgIpc) is 3.16. The third kappa shape index (κ3) is 4.26. The maximum Gasteiger partial charge on any atom is 0.319 e. The zero-order valence-electron chi connectivity index (χ0n) is 19.1. The Labute approximate surface area is 192 Å². The summed E-state index contributed by atoms with van der Waals surface area (Å²) in [7, 11) is 6.19. The van der Waals surface area contributed by atoms with Crippen LogP contribution in [0.25, 0.3) is 0 Å². The Balaban J connectivity index is 1.58. The van der Waals surface area contributed by atoms with Gasteiger partial charge in [0.25, 0.3) is 5.91 Å². The van der Waals surface area contributed by atoms with Crippen molar-refractivity contribution in [2.75, 3.05) is 41.5 Å². The van der Waals surface area contributed by atoms with Gasteiger partial charge in [-0.05, 0) is 41.8 Å². The predicted molar refractivity (Wildman–Crippen MR) is 121 cm³/mol. The topological polar surface area (TPSA) is 98.4 Å². The number of methoxy groups -OCH3 is 4. The highest BCUT2D eigenvalue weighted by Gasteiger charge is 2.40. The van der Waals surface area contributed by atoms with E-state index in [0.29, 0.717) is 53.6 Å². The Morgan fingerprint density at radius 3 is 2.18 bits per heavy atom.